The van der Waals surface area contributed by atoms with Crippen LogP contribution in [0.25, 0.3) is 11.3 Å². The number of carbonyl (C=O) groups excluding carboxylic acids is 1. The zero-order valence-corrected chi connectivity index (χ0v) is 24.1. The number of halogens is 2. The lowest BCUT2D eigenvalue weighted by molar-refractivity contribution is 0.0955. The summed E-state index contributed by atoms with van der Waals surface area (Å²) < 4.78 is 12.3. The third kappa shape index (κ3) is 7.33. The van der Waals surface area contributed by atoms with Crippen LogP contribution in [-0.4, -0.2) is 30.3 Å². The molecule has 2 N–H and O–H groups in total. The average Bonchev–Trinajstić information content (AvgIpc) is 3.38. The van der Waals surface area contributed by atoms with E-state index in [1.807, 2.05) is 60.8 Å². The van der Waals surface area contributed by atoms with Crippen LogP contribution in [0.3, 0.4) is 0 Å². The number of hydrogen-bond acceptors (Lipinski definition) is 7. The van der Waals surface area contributed by atoms with Crippen molar-refractivity contribution in [3.05, 3.63) is 98.4 Å². The van der Waals surface area contributed by atoms with Gasteiger partial charge >= 0.3 is 0 Å². The van der Waals surface area contributed by atoms with Crippen LogP contribution in [0, 0.1) is 3.57 Å². The number of nitrogens with one attached hydrogen (secondary N) is 2. The largest absolute Gasteiger partial charge is 0.490 e. The van der Waals surface area contributed by atoms with Gasteiger partial charge in [0.1, 0.15) is 6.61 Å². The maximum Gasteiger partial charge on any atom is 0.271 e. The number of nitrogens with zero attached hydrogens (tertiary/aromatic N) is 2. The summed E-state index contributed by atoms with van der Waals surface area (Å²) in [5.41, 5.74) is 6.45. The van der Waals surface area contributed by atoms with Crippen molar-refractivity contribution < 1.29 is 14.3 Å². The van der Waals surface area contributed by atoms with Crippen LogP contribution in [0.1, 0.15) is 22.8 Å². The smallest absolute Gasteiger partial charge is 0.271 e. The highest BCUT2D eigenvalue weighted by atomic mass is 127. The molecular formula is C28H24ClIN4O3S. The van der Waals surface area contributed by atoms with E-state index in [-0.39, 0.29) is 5.91 Å². The Morgan fingerprint density at radius 2 is 1.92 bits per heavy atom. The first-order chi connectivity index (χ1) is 18.5. The molecule has 0 aliphatic carbocycles. The highest BCUT2D eigenvalue weighted by molar-refractivity contribution is 14.1. The van der Waals surface area contributed by atoms with E-state index in [1.54, 1.807) is 24.4 Å². The standard InChI is InChI=1S/C28H24ClIN4O3S/c1-3-13-37-26-23(30)14-18(15-25(26)36-4-2)16-31-34-27(35)20-7-5-19(6-8-20)24-17-38-28(33-24)32-22-11-9-21(29)10-12-22/h3,5-12,14-17H,1,4,13H2,2H3,(H,32,33)(H,34,35)/b31-16-. The van der Waals surface area contributed by atoms with E-state index in [4.69, 9.17) is 21.1 Å². The van der Waals surface area contributed by atoms with E-state index < -0.39 is 0 Å². The minimum atomic E-state index is -0.318. The summed E-state index contributed by atoms with van der Waals surface area (Å²) in [6.07, 6.45) is 3.25. The first-order valence-electron chi connectivity index (χ1n) is 11.6. The monoisotopic (exact) mass is 658 g/mol. The second-order valence-electron chi connectivity index (χ2n) is 7.81. The topological polar surface area (TPSA) is 84.8 Å². The molecule has 0 spiro atoms. The van der Waals surface area contributed by atoms with E-state index >= 15 is 0 Å². The molecule has 0 saturated carbocycles. The van der Waals surface area contributed by atoms with Crippen molar-refractivity contribution in [3.8, 4) is 22.8 Å². The molecular weight excluding hydrogens is 635 g/mol. The molecule has 1 amide bonds. The molecule has 0 atom stereocenters. The second kappa shape index (κ2) is 13.4. The summed E-state index contributed by atoms with van der Waals surface area (Å²) in [4.78, 5) is 17.2. The van der Waals surface area contributed by atoms with Gasteiger partial charge in [0.2, 0.25) is 0 Å². The Morgan fingerprint density at radius 1 is 1.16 bits per heavy atom. The number of hydrazone groups is 1. The third-order valence-electron chi connectivity index (χ3n) is 5.10. The summed E-state index contributed by atoms with van der Waals surface area (Å²) in [6.45, 7) is 6.46. The van der Waals surface area contributed by atoms with Gasteiger partial charge in [-0.15, -0.1) is 11.3 Å². The SMILES string of the molecule is C=CCOc1c(I)cc(/C=N\NC(=O)c2ccc(-c3csc(Nc4ccc(Cl)cc4)n3)cc2)cc1OCC. The number of rotatable bonds is 11. The quantitative estimate of drug-likeness (QED) is 0.0753. The van der Waals surface area contributed by atoms with Crippen molar-refractivity contribution >= 4 is 68.5 Å². The molecule has 10 heteroatoms. The molecule has 4 rings (SSSR count). The van der Waals surface area contributed by atoms with Crippen LogP contribution in [0.4, 0.5) is 10.8 Å². The Hall–Kier alpha value is -3.41. The van der Waals surface area contributed by atoms with Crippen LogP contribution in [0.5, 0.6) is 11.5 Å². The summed E-state index contributed by atoms with van der Waals surface area (Å²) in [5, 5.41) is 10.8. The van der Waals surface area contributed by atoms with Crippen molar-refractivity contribution in [2.24, 2.45) is 5.10 Å². The van der Waals surface area contributed by atoms with E-state index in [0.717, 1.165) is 31.2 Å². The average molecular weight is 659 g/mol. The zero-order valence-electron chi connectivity index (χ0n) is 20.4. The molecule has 0 unspecified atom stereocenters. The van der Waals surface area contributed by atoms with Gasteiger partial charge in [-0.25, -0.2) is 10.4 Å². The summed E-state index contributed by atoms with van der Waals surface area (Å²) in [6, 6.07) is 18.4. The molecule has 0 aliphatic rings. The maximum absolute atomic E-state index is 12.6. The molecule has 1 heterocycles. The number of carbonyl (C=O) groups is 1. The number of aromatic nitrogens is 1. The molecule has 0 radical (unpaired) electrons. The number of ether oxygens (including phenoxy) is 2. The fraction of sp³-hybridized carbons (Fsp3) is 0.107. The van der Waals surface area contributed by atoms with Crippen LogP contribution < -0.4 is 20.2 Å². The molecule has 1 aromatic heterocycles. The number of benzene rings is 3. The van der Waals surface area contributed by atoms with Crippen molar-refractivity contribution in [2.75, 3.05) is 18.5 Å². The lowest BCUT2D eigenvalue weighted by atomic mass is 10.1. The van der Waals surface area contributed by atoms with E-state index in [0.29, 0.717) is 35.3 Å². The number of amides is 1. The Labute approximate surface area is 243 Å². The van der Waals surface area contributed by atoms with Crippen LogP contribution >= 0.6 is 45.5 Å². The fourth-order valence-electron chi connectivity index (χ4n) is 3.35. The van der Waals surface area contributed by atoms with Gasteiger partial charge in [-0.05, 0) is 83.6 Å². The van der Waals surface area contributed by atoms with Gasteiger partial charge in [-0.2, -0.15) is 5.10 Å². The van der Waals surface area contributed by atoms with E-state index in [2.05, 4.69) is 50.0 Å². The fourth-order valence-corrected chi connectivity index (χ4v) is 5.00. The van der Waals surface area contributed by atoms with E-state index in [9.17, 15) is 4.79 Å². The molecule has 38 heavy (non-hydrogen) atoms. The molecule has 4 aromatic rings. The number of hydrogen-bond donors (Lipinski definition) is 2. The Morgan fingerprint density at radius 3 is 2.63 bits per heavy atom. The van der Waals surface area contributed by atoms with Crippen LogP contribution in [0.15, 0.2) is 83.8 Å². The van der Waals surface area contributed by atoms with Gasteiger partial charge in [0.25, 0.3) is 5.91 Å². The van der Waals surface area contributed by atoms with Gasteiger partial charge < -0.3 is 14.8 Å². The molecule has 194 valence electrons. The first kappa shape index (κ1) is 27.6. The third-order valence-corrected chi connectivity index (χ3v) is 6.91. The zero-order chi connectivity index (χ0) is 26.9. The lowest BCUT2D eigenvalue weighted by Crippen LogP contribution is -2.17. The number of thiazole rings is 1. The van der Waals surface area contributed by atoms with Crippen molar-refractivity contribution in [3.63, 3.8) is 0 Å². The lowest BCUT2D eigenvalue weighted by Gasteiger charge is -2.13. The van der Waals surface area contributed by atoms with Crippen molar-refractivity contribution in [1.29, 1.82) is 0 Å². The minimum absolute atomic E-state index is 0.318. The Balaban J connectivity index is 1.38. The number of anilines is 2. The van der Waals surface area contributed by atoms with Gasteiger partial charge in [0, 0.05) is 27.2 Å². The molecule has 3 aromatic carbocycles. The van der Waals surface area contributed by atoms with Crippen molar-refractivity contribution in [2.45, 2.75) is 6.92 Å². The highest BCUT2D eigenvalue weighted by Crippen LogP contribution is 2.34. The summed E-state index contributed by atoms with van der Waals surface area (Å²) in [7, 11) is 0. The molecule has 0 fully saturated rings. The second-order valence-corrected chi connectivity index (χ2v) is 10.3. The predicted molar refractivity (Wildman–Crippen MR) is 163 cm³/mol. The predicted octanol–water partition coefficient (Wildman–Crippen LogP) is 7.54. The molecule has 0 bridgehead atoms. The highest BCUT2D eigenvalue weighted by Gasteiger charge is 2.12. The minimum Gasteiger partial charge on any atom is -0.490 e. The van der Waals surface area contributed by atoms with Crippen LogP contribution in [0.2, 0.25) is 5.02 Å². The van der Waals surface area contributed by atoms with Gasteiger partial charge in [0.15, 0.2) is 16.6 Å². The Kier molecular flexibility index (Phi) is 9.74. The first-order valence-corrected chi connectivity index (χ1v) is 13.9. The Bertz CT molecular complexity index is 1440. The normalized spacial score (nSPS) is 10.8. The van der Waals surface area contributed by atoms with Gasteiger partial charge in [0.05, 0.1) is 22.1 Å². The van der Waals surface area contributed by atoms with E-state index in [1.165, 1.54) is 11.3 Å². The van der Waals surface area contributed by atoms with Gasteiger partial charge in [-0.1, -0.05) is 36.4 Å². The summed E-state index contributed by atoms with van der Waals surface area (Å²) >= 11 is 9.62. The molecule has 0 saturated heterocycles. The van der Waals surface area contributed by atoms with Crippen molar-refractivity contribution in [1.82, 2.24) is 10.4 Å². The van der Waals surface area contributed by atoms with Gasteiger partial charge in [-0.3, -0.25) is 4.79 Å². The molecule has 0 aliphatic heterocycles. The summed E-state index contributed by atoms with van der Waals surface area (Å²) in [5.74, 6) is 0.946. The maximum atomic E-state index is 12.6. The van der Waals surface area contributed by atoms with Crippen LogP contribution in [-0.2, 0) is 0 Å². The molecule has 7 nitrogen and oxygen atoms in total.